The lowest BCUT2D eigenvalue weighted by Crippen LogP contribution is -2.69. The lowest BCUT2D eigenvalue weighted by atomic mass is 9.44. The van der Waals surface area contributed by atoms with Gasteiger partial charge >= 0.3 is 6.09 Å². The Bertz CT molecular complexity index is 1230. The summed E-state index contributed by atoms with van der Waals surface area (Å²) in [4.78, 5) is 49.9. The number of alkyl carbamates (subject to hydrolysis) is 1. The molecule has 0 saturated heterocycles. The van der Waals surface area contributed by atoms with Gasteiger partial charge in [0, 0.05) is 36.8 Å². The van der Waals surface area contributed by atoms with Crippen LogP contribution in [-0.4, -0.2) is 71.4 Å². The smallest absolute Gasteiger partial charge is 0.407 e. The molecule has 0 aliphatic heterocycles. The molecule has 4 saturated carbocycles. The number of amides is 2. The van der Waals surface area contributed by atoms with Crippen LogP contribution >= 0.6 is 0 Å². The SMILES string of the molecule is CNC(=O)CC1CCC(CNC(=O)OCC(=O)[C@@]2(O)[C@H](C)C[C@H]3[C@@H]4CCC5=CC(=O)C=C[C@]5(C)[C@@]4(F)[C@@H](O)C[C@@]32C)CC1. The van der Waals surface area contributed by atoms with Gasteiger partial charge < -0.3 is 25.6 Å². The zero-order valence-electron chi connectivity index (χ0n) is 25.8. The highest BCUT2D eigenvalue weighted by molar-refractivity contribution is 6.01. The Hall–Kier alpha value is -2.59. The summed E-state index contributed by atoms with van der Waals surface area (Å²) in [5.41, 5.74) is -5.55. The number of halogens is 1. The van der Waals surface area contributed by atoms with Gasteiger partial charge in [0.2, 0.25) is 11.7 Å². The average Bonchev–Trinajstić information content (AvgIpc) is 3.18. The minimum Gasteiger partial charge on any atom is -0.441 e. The molecule has 0 bridgehead atoms. The van der Waals surface area contributed by atoms with Gasteiger partial charge in [-0.25, -0.2) is 9.18 Å². The van der Waals surface area contributed by atoms with Crippen LogP contribution in [-0.2, 0) is 19.1 Å². The van der Waals surface area contributed by atoms with Crippen LogP contribution in [0.25, 0.3) is 0 Å². The fourth-order valence-electron chi connectivity index (χ4n) is 9.66. The van der Waals surface area contributed by atoms with Crippen molar-refractivity contribution in [1.29, 1.82) is 0 Å². The quantitative estimate of drug-likeness (QED) is 0.349. The van der Waals surface area contributed by atoms with Crippen molar-refractivity contribution in [2.75, 3.05) is 20.2 Å². The number of carbonyl (C=O) groups excluding carboxylic acids is 4. The minimum absolute atomic E-state index is 0.0402. The number of allylic oxidation sites excluding steroid dienone is 4. The highest BCUT2D eigenvalue weighted by Crippen LogP contribution is 2.70. The number of rotatable bonds is 7. The Kier molecular flexibility index (Phi) is 8.44. The molecule has 0 unspecified atom stereocenters. The maximum Gasteiger partial charge on any atom is 0.407 e. The number of alkyl halides is 1. The third kappa shape index (κ3) is 4.96. The Morgan fingerprint density at radius 1 is 1.09 bits per heavy atom. The average molecular weight is 603 g/mol. The lowest BCUT2D eigenvalue weighted by molar-refractivity contribution is -0.219. The number of hydrogen-bond acceptors (Lipinski definition) is 7. The Balaban J connectivity index is 1.21. The first-order chi connectivity index (χ1) is 20.2. The van der Waals surface area contributed by atoms with Gasteiger partial charge in [-0.1, -0.05) is 25.5 Å². The van der Waals surface area contributed by atoms with E-state index in [1.54, 1.807) is 33.9 Å². The molecule has 5 rings (SSSR count). The standard InChI is InChI=1S/C33H47FN2O7/c1-19-13-25-24-10-9-22-15-23(37)11-12-30(22,2)32(24,34)26(38)16-31(25,3)33(19,42)27(39)18-43-29(41)36-17-21-7-5-20(6-8-21)14-28(40)35-4/h11-12,15,19-21,24-26,38,42H,5-10,13-14,16-18H2,1-4H3,(H,35,40)(H,36,41)/t19-,20?,21?,24+,25+,26+,30+,31+,32+,33+/m1/s1. The summed E-state index contributed by atoms with van der Waals surface area (Å²) >= 11 is 0. The van der Waals surface area contributed by atoms with Crippen molar-refractivity contribution in [2.24, 2.45) is 40.4 Å². The summed E-state index contributed by atoms with van der Waals surface area (Å²) in [6.07, 6.45) is 7.52. The summed E-state index contributed by atoms with van der Waals surface area (Å²) in [6.45, 7) is 5.05. The first kappa shape index (κ1) is 31.8. The Labute approximate surface area is 253 Å². The van der Waals surface area contributed by atoms with Crippen LogP contribution in [0.4, 0.5) is 9.18 Å². The van der Waals surface area contributed by atoms with Crippen LogP contribution < -0.4 is 10.6 Å². The molecule has 5 aliphatic carbocycles. The van der Waals surface area contributed by atoms with Gasteiger partial charge in [0.15, 0.2) is 18.1 Å². The largest absolute Gasteiger partial charge is 0.441 e. The highest BCUT2D eigenvalue weighted by atomic mass is 19.1. The van der Waals surface area contributed by atoms with E-state index in [-0.39, 0.29) is 29.9 Å². The van der Waals surface area contributed by atoms with E-state index in [1.807, 2.05) is 0 Å². The van der Waals surface area contributed by atoms with Crippen LogP contribution in [0, 0.1) is 40.4 Å². The zero-order chi connectivity index (χ0) is 31.4. The molecule has 43 heavy (non-hydrogen) atoms. The monoisotopic (exact) mass is 602 g/mol. The number of aliphatic hydroxyl groups is 2. The van der Waals surface area contributed by atoms with Crippen LogP contribution in [0.2, 0.25) is 0 Å². The maximum absolute atomic E-state index is 17.3. The molecule has 0 heterocycles. The van der Waals surface area contributed by atoms with Gasteiger partial charge in [0.25, 0.3) is 0 Å². The summed E-state index contributed by atoms with van der Waals surface area (Å²) in [5.74, 6) is -1.72. The molecule has 4 fully saturated rings. The van der Waals surface area contributed by atoms with Crippen molar-refractivity contribution in [2.45, 2.75) is 95.9 Å². The number of ketones is 2. The molecule has 8 atom stereocenters. The summed E-state index contributed by atoms with van der Waals surface area (Å²) in [5, 5.41) is 28.9. The lowest BCUT2D eigenvalue weighted by Gasteiger charge is -2.62. The van der Waals surface area contributed by atoms with Gasteiger partial charge in [-0.2, -0.15) is 0 Å². The number of fused-ring (bicyclic) bond motifs is 5. The van der Waals surface area contributed by atoms with Gasteiger partial charge in [-0.05, 0) is 94.1 Å². The number of aliphatic hydroxyl groups excluding tert-OH is 1. The molecule has 4 N–H and O–H groups in total. The second-order valence-corrected chi connectivity index (χ2v) is 14.3. The predicted molar refractivity (Wildman–Crippen MR) is 156 cm³/mol. The van der Waals surface area contributed by atoms with E-state index < -0.39 is 58.5 Å². The van der Waals surface area contributed by atoms with Crippen molar-refractivity contribution >= 4 is 23.6 Å². The van der Waals surface area contributed by atoms with Crippen molar-refractivity contribution in [3.8, 4) is 0 Å². The fraction of sp³-hybridized carbons (Fsp3) is 0.758. The molecule has 10 heteroatoms. The maximum atomic E-state index is 17.3. The Morgan fingerprint density at radius 2 is 1.77 bits per heavy atom. The number of nitrogens with one attached hydrogen (secondary N) is 2. The van der Waals surface area contributed by atoms with Gasteiger partial charge in [-0.15, -0.1) is 0 Å². The summed E-state index contributed by atoms with van der Waals surface area (Å²) in [7, 11) is 1.63. The molecule has 0 aromatic heterocycles. The van der Waals surface area contributed by atoms with Gasteiger partial charge in [-0.3, -0.25) is 14.4 Å². The number of ether oxygens (including phenoxy) is 1. The predicted octanol–water partition coefficient (Wildman–Crippen LogP) is 3.57. The molecule has 238 valence electrons. The fourth-order valence-corrected chi connectivity index (χ4v) is 9.66. The molecule has 2 amide bonds. The van der Waals surface area contributed by atoms with Crippen LogP contribution in [0.15, 0.2) is 23.8 Å². The molecule has 9 nitrogen and oxygen atoms in total. The van der Waals surface area contributed by atoms with E-state index in [1.165, 1.54) is 12.2 Å². The third-order valence-electron chi connectivity index (χ3n) is 12.2. The van der Waals surface area contributed by atoms with Crippen LogP contribution in [0.5, 0.6) is 0 Å². The van der Waals surface area contributed by atoms with Crippen molar-refractivity contribution in [1.82, 2.24) is 10.6 Å². The van der Waals surface area contributed by atoms with Crippen LogP contribution in [0.3, 0.4) is 0 Å². The van der Waals surface area contributed by atoms with Gasteiger partial charge in [0.1, 0.15) is 5.60 Å². The Morgan fingerprint density at radius 3 is 2.44 bits per heavy atom. The topological polar surface area (TPSA) is 142 Å². The number of carbonyl (C=O) groups is 4. The molecular formula is C33H47FN2O7. The first-order valence-corrected chi connectivity index (χ1v) is 15.9. The van der Waals surface area contributed by atoms with Crippen molar-refractivity contribution in [3.63, 3.8) is 0 Å². The summed E-state index contributed by atoms with van der Waals surface area (Å²) in [6, 6.07) is 0. The second-order valence-electron chi connectivity index (χ2n) is 14.3. The van der Waals surface area contributed by atoms with E-state index in [4.69, 9.17) is 4.74 Å². The van der Waals surface area contributed by atoms with E-state index in [0.29, 0.717) is 43.7 Å². The van der Waals surface area contributed by atoms with Gasteiger partial charge in [0.05, 0.1) is 6.10 Å². The number of Topliss-reactive ketones (excluding diaryl/α,β-unsaturated/α-hetero) is 1. The van der Waals surface area contributed by atoms with E-state index in [2.05, 4.69) is 10.6 Å². The van der Waals surface area contributed by atoms with E-state index in [0.717, 1.165) is 25.7 Å². The molecular weight excluding hydrogens is 555 g/mol. The minimum atomic E-state index is -2.05. The second kappa shape index (κ2) is 11.4. The van der Waals surface area contributed by atoms with Crippen molar-refractivity contribution < 1.29 is 38.5 Å². The molecule has 0 radical (unpaired) electrons. The summed E-state index contributed by atoms with van der Waals surface area (Å²) < 4.78 is 22.6. The normalized spacial score (nSPS) is 43.5. The molecule has 0 spiro atoms. The van der Waals surface area contributed by atoms with Crippen molar-refractivity contribution in [3.05, 3.63) is 23.8 Å². The molecule has 5 aliphatic rings. The zero-order valence-corrected chi connectivity index (χ0v) is 25.8. The molecule has 0 aromatic rings. The van der Waals surface area contributed by atoms with E-state index in [9.17, 15) is 29.4 Å². The van der Waals surface area contributed by atoms with Crippen LogP contribution in [0.1, 0.15) is 78.6 Å². The highest BCUT2D eigenvalue weighted by Gasteiger charge is 2.75. The van der Waals surface area contributed by atoms with E-state index >= 15 is 4.39 Å². The first-order valence-electron chi connectivity index (χ1n) is 15.9. The molecule has 0 aromatic carbocycles. The third-order valence-corrected chi connectivity index (χ3v) is 12.2. The number of hydrogen-bond donors (Lipinski definition) is 4.